The van der Waals surface area contributed by atoms with Crippen molar-refractivity contribution in [1.82, 2.24) is 16.0 Å². The number of carbonyl (C=O) groups excluding carboxylic acids is 1. The Hall–Kier alpha value is -2.49. The molecule has 1 fully saturated rings. The van der Waals surface area contributed by atoms with Gasteiger partial charge in [0.05, 0.1) is 6.54 Å². The average Bonchev–Trinajstić information content (AvgIpc) is 3.22. The van der Waals surface area contributed by atoms with E-state index in [0.29, 0.717) is 12.6 Å². The Bertz CT molecular complexity index is 857. The number of anilines is 2. The number of aliphatic imine (C=N–C) groups is 1. The van der Waals surface area contributed by atoms with Crippen molar-refractivity contribution in [3.05, 3.63) is 60.2 Å². The molecule has 32 heavy (non-hydrogen) atoms. The van der Waals surface area contributed by atoms with Gasteiger partial charge in [-0.25, -0.2) is 9.79 Å². The second kappa shape index (κ2) is 13.1. The lowest BCUT2D eigenvalue weighted by Gasteiger charge is -2.20. The summed E-state index contributed by atoms with van der Waals surface area (Å²) in [6.07, 6.45) is 1.08. The highest BCUT2D eigenvalue weighted by atomic mass is 127. The molecule has 1 aliphatic rings. The molecule has 0 radical (unpaired) electrons. The molecule has 0 saturated carbocycles. The molecule has 4 N–H and O–H groups in total. The fourth-order valence-corrected chi connectivity index (χ4v) is 3.56. The normalized spacial score (nSPS) is 15.8. The predicted octanol–water partition coefficient (Wildman–Crippen LogP) is 4.17. The number of amides is 2. The van der Waals surface area contributed by atoms with Crippen LogP contribution in [0.2, 0.25) is 0 Å². The molecule has 1 saturated heterocycles. The van der Waals surface area contributed by atoms with Gasteiger partial charge >= 0.3 is 6.03 Å². The lowest BCUT2D eigenvalue weighted by atomic mass is 10.2. The largest absolute Gasteiger partial charge is 0.369 e. The number of para-hydroxylation sites is 1. The van der Waals surface area contributed by atoms with Gasteiger partial charge in [-0.05, 0) is 57.0 Å². The standard InChI is InChI=1S/C24H34N6O.HI/c1-4-25-23(28-21-14-15-30(17-21)22-8-6-5-7-9-22)26-16-19-10-12-20(13-11-19)29-24(31)27-18(2)3;/h5-13,18,21H,4,14-17H2,1-3H3,(H2,25,26,28)(H2,27,29,31);1H. The van der Waals surface area contributed by atoms with E-state index in [-0.39, 0.29) is 36.0 Å². The summed E-state index contributed by atoms with van der Waals surface area (Å²) in [5.74, 6) is 0.834. The molecule has 1 heterocycles. The lowest BCUT2D eigenvalue weighted by Crippen LogP contribution is -2.44. The second-order valence-corrected chi connectivity index (χ2v) is 8.06. The number of nitrogens with zero attached hydrogens (tertiary/aromatic N) is 2. The van der Waals surface area contributed by atoms with E-state index < -0.39 is 0 Å². The first-order chi connectivity index (χ1) is 15.0. The van der Waals surface area contributed by atoms with Gasteiger partial charge in [-0.1, -0.05) is 30.3 Å². The highest BCUT2D eigenvalue weighted by molar-refractivity contribution is 14.0. The maximum Gasteiger partial charge on any atom is 0.319 e. The zero-order chi connectivity index (χ0) is 22.1. The molecule has 1 atom stereocenters. The number of benzene rings is 2. The molecule has 7 nitrogen and oxygen atoms in total. The van der Waals surface area contributed by atoms with Crippen molar-refractivity contribution < 1.29 is 4.79 Å². The van der Waals surface area contributed by atoms with E-state index in [1.807, 2.05) is 44.2 Å². The number of rotatable bonds is 7. The van der Waals surface area contributed by atoms with Gasteiger partial charge in [0.2, 0.25) is 0 Å². The minimum Gasteiger partial charge on any atom is -0.369 e. The van der Waals surface area contributed by atoms with Crippen molar-refractivity contribution in [2.45, 2.75) is 45.8 Å². The van der Waals surface area contributed by atoms with Gasteiger partial charge < -0.3 is 26.2 Å². The number of nitrogens with one attached hydrogen (secondary N) is 4. The molecular formula is C24H35IN6O. The molecule has 2 aromatic carbocycles. The van der Waals surface area contributed by atoms with Gasteiger partial charge in [0.1, 0.15) is 0 Å². The molecule has 2 amide bonds. The number of hydrogen-bond acceptors (Lipinski definition) is 3. The van der Waals surface area contributed by atoms with Crippen molar-refractivity contribution in [3.63, 3.8) is 0 Å². The Morgan fingerprint density at radius 2 is 1.84 bits per heavy atom. The van der Waals surface area contributed by atoms with E-state index >= 15 is 0 Å². The molecule has 8 heteroatoms. The number of hydrogen-bond donors (Lipinski definition) is 4. The van der Waals surface area contributed by atoms with Gasteiger partial charge in [0.15, 0.2) is 5.96 Å². The minimum atomic E-state index is -0.194. The molecule has 1 unspecified atom stereocenters. The van der Waals surface area contributed by atoms with Crippen LogP contribution in [-0.2, 0) is 6.54 Å². The Labute approximate surface area is 208 Å². The summed E-state index contributed by atoms with van der Waals surface area (Å²) in [7, 11) is 0. The van der Waals surface area contributed by atoms with E-state index in [1.165, 1.54) is 5.69 Å². The third kappa shape index (κ3) is 8.22. The van der Waals surface area contributed by atoms with Crippen molar-refractivity contribution in [3.8, 4) is 0 Å². The van der Waals surface area contributed by atoms with Crippen LogP contribution in [0.3, 0.4) is 0 Å². The molecule has 0 aromatic heterocycles. The van der Waals surface area contributed by atoms with E-state index in [2.05, 4.69) is 57.4 Å². The average molecular weight is 550 g/mol. The van der Waals surface area contributed by atoms with Crippen LogP contribution >= 0.6 is 24.0 Å². The van der Waals surface area contributed by atoms with Crippen LogP contribution in [0.25, 0.3) is 0 Å². The summed E-state index contributed by atoms with van der Waals surface area (Å²) in [5, 5.41) is 12.6. The van der Waals surface area contributed by atoms with Crippen molar-refractivity contribution in [2.24, 2.45) is 4.99 Å². The van der Waals surface area contributed by atoms with E-state index in [9.17, 15) is 4.79 Å². The number of halogens is 1. The van der Waals surface area contributed by atoms with Gasteiger partial charge in [0.25, 0.3) is 0 Å². The lowest BCUT2D eigenvalue weighted by molar-refractivity contribution is 0.250. The van der Waals surface area contributed by atoms with Crippen molar-refractivity contribution in [1.29, 1.82) is 0 Å². The van der Waals surface area contributed by atoms with Crippen molar-refractivity contribution in [2.75, 3.05) is 29.9 Å². The molecule has 0 aliphatic carbocycles. The third-order valence-electron chi connectivity index (χ3n) is 5.05. The highest BCUT2D eigenvalue weighted by Gasteiger charge is 2.23. The fraction of sp³-hybridized carbons (Fsp3) is 0.417. The maximum absolute atomic E-state index is 11.8. The summed E-state index contributed by atoms with van der Waals surface area (Å²) in [6.45, 7) is 9.33. The Morgan fingerprint density at radius 3 is 2.50 bits per heavy atom. The van der Waals surface area contributed by atoms with E-state index in [0.717, 1.165) is 43.3 Å². The molecule has 2 aromatic rings. The van der Waals surface area contributed by atoms with Crippen LogP contribution in [0.4, 0.5) is 16.2 Å². The maximum atomic E-state index is 11.8. The fourth-order valence-electron chi connectivity index (χ4n) is 3.56. The van der Waals surface area contributed by atoms with Crippen LogP contribution < -0.4 is 26.2 Å². The third-order valence-corrected chi connectivity index (χ3v) is 5.05. The zero-order valence-corrected chi connectivity index (χ0v) is 21.4. The number of urea groups is 1. The second-order valence-electron chi connectivity index (χ2n) is 8.06. The number of guanidine groups is 1. The molecule has 0 spiro atoms. The smallest absolute Gasteiger partial charge is 0.319 e. The topological polar surface area (TPSA) is 80.8 Å². The van der Waals surface area contributed by atoms with Gasteiger partial charge in [-0.15, -0.1) is 24.0 Å². The SMILES string of the molecule is CCNC(=NCc1ccc(NC(=O)NC(C)C)cc1)NC1CCN(c2ccccc2)C1.I. The van der Waals surface area contributed by atoms with Crippen molar-refractivity contribution >= 4 is 47.3 Å². The Kier molecular flexibility index (Phi) is 10.6. The highest BCUT2D eigenvalue weighted by Crippen LogP contribution is 2.19. The summed E-state index contributed by atoms with van der Waals surface area (Å²) in [5.41, 5.74) is 3.12. The molecule has 1 aliphatic heterocycles. The van der Waals surface area contributed by atoms with Crippen LogP contribution in [-0.4, -0.2) is 43.7 Å². The monoisotopic (exact) mass is 550 g/mol. The first kappa shape index (κ1) is 25.8. The summed E-state index contributed by atoms with van der Waals surface area (Å²) in [4.78, 5) is 19.0. The molecular weight excluding hydrogens is 515 g/mol. The predicted molar refractivity (Wildman–Crippen MR) is 144 cm³/mol. The molecule has 174 valence electrons. The van der Waals surface area contributed by atoms with Crippen LogP contribution in [0.5, 0.6) is 0 Å². The Morgan fingerprint density at radius 1 is 1.12 bits per heavy atom. The first-order valence-corrected chi connectivity index (χ1v) is 11.0. The minimum absolute atomic E-state index is 0. The van der Waals surface area contributed by atoms with Crippen LogP contribution in [0, 0.1) is 0 Å². The van der Waals surface area contributed by atoms with Crippen LogP contribution in [0.15, 0.2) is 59.6 Å². The Balaban J connectivity index is 0.00000363. The first-order valence-electron chi connectivity index (χ1n) is 11.0. The van der Waals surface area contributed by atoms with E-state index in [4.69, 9.17) is 4.99 Å². The quantitative estimate of drug-likeness (QED) is 0.237. The van der Waals surface area contributed by atoms with Gasteiger partial charge in [-0.2, -0.15) is 0 Å². The van der Waals surface area contributed by atoms with Crippen LogP contribution in [0.1, 0.15) is 32.8 Å². The molecule has 0 bridgehead atoms. The summed E-state index contributed by atoms with van der Waals surface area (Å²) < 4.78 is 0. The summed E-state index contributed by atoms with van der Waals surface area (Å²) in [6, 6.07) is 18.6. The number of carbonyl (C=O) groups is 1. The zero-order valence-electron chi connectivity index (χ0n) is 19.1. The summed E-state index contributed by atoms with van der Waals surface area (Å²) >= 11 is 0. The van der Waals surface area contributed by atoms with E-state index in [1.54, 1.807) is 0 Å². The van der Waals surface area contributed by atoms with Gasteiger partial charge in [-0.3, -0.25) is 0 Å². The molecule has 3 rings (SSSR count). The van der Waals surface area contributed by atoms with Gasteiger partial charge in [0, 0.05) is 43.1 Å².